The summed E-state index contributed by atoms with van der Waals surface area (Å²) in [4.78, 5) is 0. The summed E-state index contributed by atoms with van der Waals surface area (Å²) in [6.45, 7) is 7.21. The fraction of sp³-hybridized carbons (Fsp3) is 0.810. The molecule has 0 fully saturated rings. The molecule has 1 heterocycles. The summed E-state index contributed by atoms with van der Waals surface area (Å²) in [6, 6.07) is 0. The van der Waals surface area contributed by atoms with E-state index < -0.39 is 0 Å². The minimum atomic E-state index is -0.335. The first-order valence-electron chi connectivity index (χ1n) is 10.3. The van der Waals surface area contributed by atoms with Crippen molar-refractivity contribution in [3.8, 4) is 0 Å². The minimum absolute atomic E-state index is 0.335. The molecule has 0 saturated carbocycles. The topological polar surface area (TPSA) is 32.3 Å². The van der Waals surface area contributed by atoms with Crippen molar-refractivity contribution >= 4 is 0 Å². The zero-order valence-corrected chi connectivity index (χ0v) is 16.3. The number of nitrogens with one attached hydrogen (secondary N) is 1. The van der Waals surface area contributed by atoms with E-state index >= 15 is 0 Å². The van der Waals surface area contributed by atoms with E-state index in [1.54, 1.807) is 0 Å². The van der Waals surface area contributed by atoms with E-state index in [-0.39, 0.29) is 6.23 Å². The first-order valence-corrected chi connectivity index (χ1v) is 10.3. The largest absolute Gasteiger partial charge is 0.345 e. The lowest BCUT2D eigenvalue weighted by atomic mass is 10.0. The molecule has 1 aliphatic heterocycles. The zero-order valence-electron chi connectivity index (χ0n) is 16.3. The van der Waals surface area contributed by atoms with Gasteiger partial charge in [0.25, 0.3) is 0 Å². The van der Waals surface area contributed by atoms with Crippen LogP contribution in [0.3, 0.4) is 0 Å². The number of quaternary nitrogens is 1. The van der Waals surface area contributed by atoms with Crippen LogP contribution in [0, 0.1) is 0 Å². The maximum atomic E-state index is 10.1. The van der Waals surface area contributed by atoms with Gasteiger partial charge >= 0.3 is 0 Å². The standard InChI is InChI=1S/C21H41N2O/c1-4-6-7-8-9-10-11-12-13-14-15-16-17-21-22-18-19-23(21,5-2)20(3)24/h6-7,18-22,24H,4-5,8-17H2,1-3H3/q+1/b7-6+. The number of rotatable bonds is 14. The second kappa shape index (κ2) is 12.5. The second-order valence-electron chi connectivity index (χ2n) is 7.23. The molecule has 0 spiro atoms. The summed E-state index contributed by atoms with van der Waals surface area (Å²) in [6.07, 6.45) is 23.2. The maximum absolute atomic E-state index is 10.1. The quantitative estimate of drug-likeness (QED) is 0.252. The van der Waals surface area contributed by atoms with Crippen LogP contribution in [0.15, 0.2) is 24.6 Å². The Labute approximate surface area is 150 Å². The van der Waals surface area contributed by atoms with Gasteiger partial charge in [-0.25, -0.2) is 0 Å². The molecule has 24 heavy (non-hydrogen) atoms. The van der Waals surface area contributed by atoms with Gasteiger partial charge in [-0.05, 0) is 32.6 Å². The van der Waals surface area contributed by atoms with Gasteiger partial charge in [-0.15, -0.1) is 0 Å². The van der Waals surface area contributed by atoms with Crippen LogP contribution >= 0.6 is 0 Å². The van der Waals surface area contributed by atoms with Crippen LogP contribution in [0.25, 0.3) is 0 Å². The normalized spacial score (nSPS) is 24.6. The Morgan fingerprint density at radius 2 is 1.62 bits per heavy atom. The lowest BCUT2D eigenvalue weighted by Crippen LogP contribution is -2.57. The lowest BCUT2D eigenvalue weighted by Gasteiger charge is -2.39. The van der Waals surface area contributed by atoms with Gasteiger partial charge in [0.2, 0.25) is 0 Å². The average molecular weight is 338 g/mol. The fourth-order valence-electron chi connectivity index (χ4n) is 3.78. The van der Waals surface area contributed by atoms with Crippen molar-refractivity contribution in [1.29, 1.82) is 0 Å². The van der Waals surface area contributed by atoms with Gasteiger partial charge in [-0.2, -0.15) is 0 Å². The number of hydrogen-bond acceptors (Lipinski definition) is 2. The third kappa shape index (κ3) is 6.98. The summed E-state index contributed by atoms with van der Waals surface area (Å²) in [5.41, 5.74) is 0. The Bertz CT molecular complexity index is 365. The van der Waals surface area contributed by atoms with Crippen molar-refractivity contribution in [3.63, 3.8) is 0 Å². The van der Waals surface area contributed by atoms with Gasteiger partial charge in [0.1, 0.15) is 6.20 Å². The highest BCUT2D eigenvalue weighted by atomic mass is 16.3. The van der Waals surface area contributed by atoms with Crippen LogP contribution in [0.4, 0.5) is 0 Å². The predicted molar refractivity (Wildman–Crippen MR) is 104 cm³/mol. The molecular weight excluding hydrogens is 296 g/mol. The first kappa shape index (κ1) is 21.2. The molecule has 1 aliphatic rings. The van der Waals surface area contributed by atoms with E-state index in [1.165, 1.54) is 64.2 Å². The molecule has 2 N–H and O–H groups in total. The van der Waals surface area contributed by atoms with E-state index in [0.29, 0.717) is 10.6 Å². The van der Waals surface area contributed by atoms with E-state index in [2.05, 4.69) is 37.5 Å². The van der Waals surface area contributed by atoms with Gasteiger partial charge in [0.15, 0.2) is 12.4 Å². The van der Waals surface area contributed by atoms with Crippen molar-refractivity contribution in [3.05, 3.63) is 24.6 Å². The second-order valence-corrected chi connectivity index (χ2v) is 7.23. The summed E-state index contributed by atoms with van der Waals surface area (Å²) in [5.74, 6) is 0. The van der Waals surface area contributed by atoms with Gasteiger partial charge in [-0.3, -0.25) is 4.48 Å². The zero-order chi connectivity index (χ0) is 17.7. The smallest absolute Gasteiger partial charge is 0.193 e. The van der Waals surface area contributed by atoms with Gasteiger partial charge in [-0.1, -0.05) is 57.6 Å². The molecule has 140 valence electrons. The van der Waals surface area contributed by atoms with Crippen LogP contribution in [0.5, 0.6) is 0 Å². The molecule has 1 rings (SSSR count). The van der Waals surface area contributed by atoms with Crippen molar-refractivity contribution in [2.45, 2.75) is 104 Å². The Balaban J connectivity index is 2.00. The lowest BCUT2D eigenvalue weighted by molar-refractivity contribution is -0.942. The van der Waals surface area contributed by atoms with Crippen molar-refractivity contribution in [2.24, 2.45) is 0 Å². The Hall–Kier alpha value is -0.800. The molecule has 0 saturated heterocycles. The highest BCUT2D eigenvalue weighted by Gasteiger charge is 2.40. The molecule has 3 unspecified atom stereocenters. The molecule has 3 heteroatoms. The molecule has 0 bridgehead atoms. The molecule has 0 aromatic heterocycles. The van der Waals surface area contributed by atoms with Crippen molar-refractivity contribution in [2.75, 3.05) is 6.54 Å². The number of nitrogens with zero attached hydrogens (tertiary/aromatic N) is 1. The Kier molecular flexibility index (Phi) is 11.1. The van der Waals surface area contributed by atoms with Crippen LogP contribution in [-0.4, -0.2) is 28.5 Å². The van der Waals surface area contributed by atoms with Crippen LogP contribution in [0.1, 0.15) is 91.4 Å². The molecule has 0 aliphatic carbocycles. The molecule has 0 aromatic rings. The van der Waals surface area contributed by atoms with Crippen LogP contribution in [0.2, 0.25) is 0 Å². The number of allylic oxidation sites excluding steroid dienone is 2. The molecule has 3 atom stereocenters. The molecule has 0 aromatic carbocycles. The summed E-state index contributed by atoms with van der Waals surface area (Å²) < 4.78 is 0.673. The Morgan fingerprint density at radius 1 is 1.00 bits per heavy atom. The fourth-order valence-corrected chi connectivity index (χ4v) is 3.78. The van der Waals surface area contributed by atoms with Gasteiger partial charge in [0, 0.05) is 13.3 Å². The average Bonchev–Trinajstić information content (AvgIpc) is 3.00. The van der Waals surface area contributed by atoms with Gasteiger partial charge < -0.3 is 10.4 Å². The SMILES string of the molecule is CC/C=C/CCCCCCCCCCC1NC=C[N+]1(CC)C(C)O. The van der Waals surface area contributed by atoms with Crippen LogP contribution < -0.4 is 5.32 Å². The third-order valence-electron chi connectivity index (χ3n) is 5.47. The Morgan fingerprint density at radius 3 is 2.21 bits per heavy atom. The minimum Gasteiger partial charge on any atom is -0.345 e. The maximum Gasteiger partial charge on any atom is 0.193 e. The monoisotopic (exact) mass is 337 g/mol. The highest BCUT2D eigenvalue weighted by molar-refractivity contribution is 4.84. The number of hydrogen-bond donors (Lipinski definition) is 2. The molecular formula is C21H41N2O+. The van der Waals surface area contributed by atoms with E-state index in [4.69, 9.17) is 0 Å². The van der Waals surface area contributed by atoms with E-state index in [0.717, 1.165) is 13.0 Å². The van der Waals surface area contributed by atoms with E-state index in [1.807, 2.05) is 13.1 Å². The summed E-state index contributed by atoms with van der Waals surface area (Å²) in [5, 5.41) is 13.6. The van der Waals surface area contributed by atoms with Crippen LogP contribution in [-0.2, 0) is 0 Å². The molecule has 3 nitrogen and oxygen atoms in total. The van der Waals surface area contributed by atoms with E-state index in [9.17, 15) is 5.11 Å². The predicted octanol–water partition coefficient (Wildman–Crippen LogP) is 5.43. The van der Waals surface area contributed by atoms with Gasteiger partial charge in [0.05, 0.1) is 12.7 Å². The molecule has 0 amide bonds. The number of aliphatic hydroxyl groups is 1. The summed E-state index contributed by atoms with van der Waals surface area (Å²) >= 11 is 0. The molecule has 0 radical (unpaired) electrons. The first-order chi connectivity index (χ1) is 11.7. The highest BCUT2D eigenvalue weighted by Crippen LogP contribution is 2.25. The number of aliphatic hydroxyl groups excluding tert-OH is 1. The summed E-state index contributed by atoms with van der Waals surface area (Å²) in [7, 11) is 0. The third-order valence-corrected chi connectivity index (χ3v) is 5.47. The van der Waals surface area contributed by atoms with Crippen molar-refractivity contribution < 1.29 is 9.59 Å². The van der Waals surface area contributed by atoms with Crippen molar-refractivity contribution in [1.82, 2.24) is 5.32 Å². The number of unbranched alkanes of at least 4 members (excludes halogenated alkanes) is 8.